The number of halogens is 6. The van der Waals surface area contributed by atoms with Crippen LogP contribution in [0.25, 0.3) is 33.8 Å². The van der Waals surface area contributed by atoms with Crippen LogP contribution in [0.2, 0.25) is 0 Å². The molecule has 0 fully saturated rings. The molecule has 0 spiro atoms. The first-order valence-corrected chi connectivity index (χ1v) is 15.7. The Morgan fingerprint density at radius 2 is 1.33 bits per heavy atom. The summed E-state index contributed by atoms with van der Waals surface area (Å²) in [5.41, 5.74) is 11.5. The predicted octanol–water partition coefficient (Wildman–Crippen LogP) is 10.3. The molecule has 258 valence electrons. The molecule has 0 aliphatic heterocycles. The zero-order valence-electron chi connectivity index (χ0n) is 27.0. The molecule has 0 bridgehead atoms. The minimum Gasteiger partial charge on any atom is -0.478 e. The van der Waals surface area contributed by atoms with Gasteiger partial charge in [-0.1, -0.05) is 91.0 Å². The van der Waals surface area contributed by atoms with Gasteiger partial charge in [0.2, 0.25) is 0 Å². The monoisotopic (exact) mass is 697 g/mol. The number of nitrogens with two attached hydrogens (primary N) is 1. The van der Waals surface area contributed by atoms with Gasteiger partial charge in [-0.2, -0.15) is 26.3 Å². The highest BCUT2D eigenvalue weighted by Gasteiger charge is 2.37. The molecule has 5 aromatic carbocycles. The van der Waals surface area contributed by atoms with Crippen molar-refractivity contribution in [3.8, 4) is 33.8 Å². The topological polar surface area (TPSA) is 89.1 Å². The fraction of sp³-hybridized carbons (Fsp3) is 0.125. The Morgan fingerprint density at radius 3 is 1.92 bits per heavy atom. The van der Waals surface area contributed by atoms with Crippen molar-refractivity contribution in [2.24, 2.45) is 0 Å². The molecule has 0 saturated carbocycles. The van der Waals surface area contributed by atoms with Gasteiger partial charge < -0.3 is 10.8 Å². The molecular weight excluding hydrogens is 668 g/mol. The first kappa shape index (κ1) is 34.9. The number of carboxylic acids is 1. The van der Waals surface area contributed by atoms with Crippen LogP contribution in [0.5, 0.6) is 0 Å². The van der Waals surface area contributed by atoms with Crippen molar-refractivity contribution < 1.29 is 36.2 Å². The van der Waals surface area contributed by atoms with Gasteiger partial charge in [-0.25, -0.2) is 14.8 Å². The Labute approximate surface area is 289 Å². The SMILES string of the molecule is Cc1c(Cc2cc(C(F)(F)F)cc(C(F)(F)F)c2)cc2c(c1N)Cc1ccccc1-2.O=C(O)c1cnc(-c2ccccc2)nc1-c1ccccc1. The zero-order valence-corrected chi connectivity index (χ0v) is 27.0. The summed E-state index contributed by atoms with van der Waals surface area (Å²) in [4.78, 5) is 20.0. The molecule has 1 aliphatic carbocycles. The Bertz CT molecular complexity index is 2200. The van der Waals surface area contributed by atoms with Gasteiger partial charge in [-0.05, 0) is 70.5 Å². The lowest BCUT2D eigenvalue weighted by Gasteiger charge is -2.17. The fourth-order valence-electron chi connectivity index (χ4n) is 6.08. The maximum absolute atomic E-state index is 13.2. The number of anilines is 1. The van der Waals surface area contributed by atoms with Gasteiger partial charge in [0.1, 0.15) is 5.56 Å². The van der Waals surface area contributed by atoms with Gasteiger partial charge in [0, 0.05) is 29.4 Å². The highest BCUT2D eigenvalue weighted by Crippen LogP contribution is 2.43. The van der Waals surface area contributed by atoms with Crippen LogP contribution in [-0.4, -0.2) is 21.0 Å². The Balaban J connectivity index is 0.000000187. The molecule has 5 nitrogen and oxygen atoms in total. The van der Waals surface area contributed by atoms with Crippen molar-refractivity contribution in [1.82, 2.24) is 9.97 Å². The van der Waals surface area contributed by atoms with Gasteiger partial charge in [-0.3, -0.25) is 0 Å². The van der Waals surface area contributed by atoms with E-state index in [4.69, 9.17) is 5.73 Å². The van der Waals surface area contributed by atoms with Crippen molar-refractivity contribution in [1.29, 1.82) is 0 Å². The maximum atomic E-state index is 13.2. The number of benzene rings is 5. The Kier molecular flexibility index (Phi) is 9.40. The van der Waals surface area contributed by atoms with Gasteiger partial charge in [0.05, 0.1) is 16.8 Å². The van der Waals surface area contributed by atoms with Crippen LogP contribution in [0.4, 0.5) is 32.0 Å². The average Bonchev–Trinajstić information content (AvgIpc) is 3.49. The summed E-state index contributed by atoms with van der Waals surface area (Å²) in [6, 6.07) is 30.0. The van der Waals surface area contributed by atoms with E-state index in [9.17, 15) is 36.2 Å². The number of fused-ring (bicyclic) bond motifs is 3. The first-order valence-electron chi connectivity index (χ1n) is 15.7. The minimum absolute atomic E-state index is 0.0640. The third kappa shape index (κ3) is 7.47. The predicted molar refractivity (Wildman–Crippen MR) is 183 cm³/mol. The number of rotatable bonds is 5. The second kappa shape index (κ2) is 13.7. The van der Waals surface area contributed by atoms with Crippen LogP contribution >= 0.6 is 0 Å². The zero-order chi connectivity index (χ0) is 36.5. The van der Waals surface area contributed by atoms with Crippen LogP contribution in [0.15, 0.2) is 115 Å². The second-order valence-corrected chi connectivity index (χ2v) is 12.0. The van der Waals surface area contributed by atoms with Crippen LogP contribution in [-0.2, 0) is 25.2 Å². The number of hydrogen-bond acceptors (Lipinski definition) is 4. The summed E-state index contributed by atoms with van der Waals surface area (Å²) >= 11 is 0. The smallest absolute Gasteiger partial charge is 0.416 e. The molecular formula is C40H29F6N3O2. The summed E-state index contributed by atoms with van der Waals surface area (Å²) in [6.07, 6.45) is -7.82. The minimum atomic E-state index is -4.87. The van der Waals surface area contributed by atoms with E-state index < -0.39 is 29.4 Å². The van der Waals surface area contributed by atoms with Crippen LogP contribution < -0.4 is 5.73 Å². The molecule has 6 aromatic rings. The van der Waals surface area contributed by atoms with Gasteiger partial charge in [0.25, 0.3) is 0 Å². The van der Waals surface area contributed by atoms with Gasteiger partial charge in [-0.15, -0.1) is 0 Å². The number of carbonyl (C=O) groups is 1. The number of aromatic nitrogens is 2. The summed E-state index contributed by atoms with van der Waals surface area (Å²) in [7, 11) is 0. The lowest BCUT2D eigenvalue weighted by molar-refractivity contribution is -0.143. The highest BCUT2D eigenvalue weighted by atomic mass is 19.4. The Hall–Kier alpha value is -5.97. The van der Waals surface area contributed by atoms with E-state index in [0.717, 1.165) is 45.5 Å². The summed E-state index contributed by atoms with van der Waals surface area (Å²) in [6.45, 7) is 1.74. The molecule has 0 unspecified atom stereocenters. The molecule has 1 aliphatic rings. The number of alkyl halides is 6. The molecule has 1 aromatic heterocycles. The van der Waals surface area contributed by atoms with Crippen molar-refractivity contribution in [3.63, 3.8) is 0 Å². The molecule has 1 heterocycles. The fourth-order valence-corrected chi connectivity index (χ4v) is 6.08. The van der Waals surface area contributed by atoms with E-state index >= 15 is 0 Å². The average molecular weight is 698 g/mol. The van der Waals surface area contributed by atoms with E-state index in [2.05, 4.69) is 9.97 Å². The molecule has 0 saturated heterocycles. The van der Waals surface area contributed by atoms with Crippen LogP contribution in [0, 0.1) is 6.92 Å². The summed E-state index contributed by atoms with van der Waals surface area (Å²) < 4.78 is 79.1. The largest absolute Gasteiger partial charge is 0.478 e. The summed E-state index contributed by atoms with van der Waals surface area (Å²) in [5.74, 6) is -0.520. The third-order valence-corrected chi connectivity index (χ3v) is 8.67. The summed E-state index contributed by atoms with van der Waals surface area (Å²) in [5, 5.41) is 9.31. The van der Waals surface area contributed by atoms with E-state index in [-0.39, 0.29) is 23.6 Å². The van der Waals surface area contributed by atoms with Crippen LogP contribution in [0.3, 0.4) is 0 Å². The molecule has 3 N–H and O–H groups in total. The van der Waals surface area contributed by atoms with E-state index in [0.29, 0.717) is 34.8 Å². The molecule has 0 atom stereocenters. The van der Waals surface area contributed by atoms with E-state index in [1.807, 2.05) is 91.0 Å². The van der Waals surface area contributed by atoms with E-state index in [1.54, 1.807) is 6.92 Å². The lowest BCUT2D eigenvalue weighted by Crippen LogP contribution is -2.12. The van der Waals surface area contributed by atoms with Crippen molar-refractivity contribution in [3.05, 3.63) is 160 Å². The van der Waals surface area contributed by atoms with Crippen LogP contribution in [0.1, 0.15) is 49.3 Å². The quantitative estimate of drug-likeness (QED) is 0.138. The molecule has 0 amide bonds. The normalized spacial score (nSPS) is 12.1. The highest BCUT2D eigenvalue weighted by molar-refractivity contribution is 5.94. The first-order chi connectivity index (χ1) is 24.2. The molecule has 7 rings (SSSR count). The number of carboxylic acid groups (broad SMARTS) is 1. The standard InChI is InChI=1S/C23H17F6N.C17H12N2O2/c1-12-15(10-19-18-5-3-2-4-14(18)9-20(19)21(12)30)6-13-7-16(22(24,25)26)11-17(8-13)23(27,28)29;20-17(21)14-11-18-16(13-9-5-2-6-10-13)19-15(14)12-7-3-1-4-8-12/h2-5,7-8,10-11H,6,9,30H2,1H3;1-11H,(H,20,21). The number of aromatic carboxylic acids is 1. The number of hydrogen-bond donors (Lipinski definition) is 2. The maximum Gasteiger partial charge on any atom is 0.416 e. The van der Waals surface area contributed by atoms with Crippen molar-refractivity contribution >= 4 is 11.7 Å². The third-order valence-electron chi connectivity index (χ3n) is 8.67. The number of nitrogens with zero attached hydrogens (tertiary/aromatic N) is 2. The lowest BCUT2D eigenvalue weighted by atomic mass is 9.91. The van der Waals surface area contributed by atoms with Crippen molar-refractivity contribution in [2.75, 3.05) is 5.73 Å². The van der Waals surface area contributed by atoms with E-state index in [1.165, 1.54) is 6.20 Å². The second-order valence-electron chi connectivity index (χ2n) is 12.0. The molecule has 0 radical (unpaired) electrons. The Morgan fingerprint density at radius 1 is 0.765 bits per heavy atom. The van der Waals surface area contributed by atoms with Gasteiger partial charge in [0.15, 0.2) is 5.82 Å². The van der Waals surface area contributed by atoms with Crippen molar-refractivity contribution in [2.45, 2.75) is 32.1 Å². The number of nitrogen functional groups attached to an aromatic ring is 1. The molecule has 51 heavy (non-hydrogen) atoms. The van der Waals surface area contributed by atoms with Gasteiger partial charge >= 0.3 is 18.3 Å². The molecule has 11 heteroatoms.